The lowest BCUT2D eigenvalue weighted by Gasteiger charge is -2.20. The Morgan fingerprint density at radius 3 is 1.77 bits per heavy atom. The summed E-state index contributed by atoms with van der Waals surface area (Å²) in [7, 11) is -2.77. The van der Waals surface area contributed by atoms with Gasteiger partial charge in [0.25, 0.3) is 0 Å². The van der Waals surface area contributed by atoms with Crippen molar-refractivity contribution in [3.05, 3.63) is 90.5 Å². The molecule has 0 bridgehead atoms. The van der Waals surface area contributed by atoms with Gasteiger partial charge >= 0.3 is 0 Å². The fraction of sp³-hybridized carbons (Fsp3) is 0.174. The third-order valence-electron chi connectivity index (χ3n) is 4.48. The van der Waals surface area contributed by atoms with Gasteiger partial charge in [0.15, 0.2) is 0 Å². The highest BCUT2D eigenvalue weighted by atomic mass is 31.2. The highest BCUT2D eigenvalue weighted by Crippen LogP contribution is 2.43. The van der Waals surface area contributed by atoms with Crippen molar-refractivity contribution in [1.29, 1.82) is 0 Å². The van der Waals surface area contributed by atoms with Crippen molar-refractivity contribution in [2.45, 2.75) is 20.3 Å². The molecule has 0 heterocycles. The van der Waals surface area contributed by atoms with E-state index in [1.54, 1.807) is 0 Å². The van der Waals surface area contributed by atoms with Crippen molar-refractivity contribution in [2.24, 2.45) is 4.99 Å². The molecule has 0 spiro atoms. The lowest BCUT2D eigenvalue weighted by atomic mass is 10.2. The summed E-state index contributed by atoms with van der Waals surface area (Å²) >= 11 is 0. The first-order valence-electron chi connectivity index (χ1n) is 8.95. The van der Waals surface area contributed by atoms with E-state index in [1.165, 1.54) is 5.56 Å². The molecule has 0 saturated carbocycles. The van der Waals surface area contributed by atoms with Crippen LogP contribution in [0.2, 0.25) is 0 Å². The number of aryl methyl sites for hydroxylation is 1. The lowest BCUT2D eigenvalue weighted by molar-refractivity contribution is 0.589. The molecule has 3 aromatic carbocycles. The van der Waals surface area contributed by atoms with Gasteiger partial charge in [0.2, 0.25) is 0 Å². The van der Waals surface area contributed by atoms with Crippen LogP contribution in [0, 0.1) is 6.92 Å². The van der Waals surface area contributed by atoms with E-state index in [1.807, 2.05) is 72.8 Å². The van der Waals surface area contributed by atoms with Crippen molar-refractivity contribution in [3.8, 4) is 0 Å². The second-order valence-corrected chi connectivity index (χ2v) is 9.26. The Kier molecular flexibility index (Phi) is 5.85. The minimum absolute atomic E-state index is 0.464. The standard InChI is InChI=1S/C23H24NOP/c1-3-20(24-21-16-14-19(2)15-17-21)18-26(25,22-10-6-4-7-11-22)23-12-8-5-9-13-23/h4-17H,3,18H2,1-2H3. The van der Waals surface area contributed by atoms with Crippen LogP contribution in [0.15, 0.2) is 89.9 Å². The second kappa shape index (κ2) is 8.29. The third-order valence-corrected chi connectivity index (χ3v) is 7.56. The van der Waals surface area contributed by atoms with E-state index in [2.05, 4.69) is 26.0 Å². The Hall–Kier alpha value is -2.44. The molecule has 3 rings (SSSR count). The number of hydrogen-bond acceptors (Lipinski definition) is 2. The summed E-state index contributed by atoms with van der Waals surface area (Å²) in [6, 6.07) is 27.7. The molecule has 2 nitrogen and oxygen atoms in total. The zero-order valence-electron chi connectivity index (χ0n) is 15.3. The molecule has 3 aromatic rings. The SMILES string of the molecule is CCC(CP(=O)(c1ccccc1)c1ccccc1)=Nc1ccc(C)cc1. The molecular formula is C23H24NOP. The highest BCUT2D eigenvalue weighted by molar-refractivity contribution is 7.79. The Morgan fingerprint density at radius 1 is 0.808 bits per heavy atom. The molecule has 26 heavy (non-hydrogen) atoms. The van der Waals surface area contributed by atoms with Crippen molar-refractivity contribution >= 4 is 29.2 Å². The summed E-state index contributed by atoms with van der Waals surface area (Å²) < 4.78 is 14.1. The van der Waals surface area contributed by atoms with Gasteiger partial charge in [-0.3, -0.25) is 4.99 Å². The minimum Gasteiger partial charge on any atom is -0.313 e. The molecule has 0 aliphatic heterocycles. The molecule has 3 heteroatoms. The van der Waals surface area contributed by atoms with Crippen LogP contribution in [0.4, 0.5) is 5.69 Å². The average Bonchev–Trinajstić information content (AvgIpc) is 2.70. The molecule has 0 aromatic heterocycles. The van der Waals surface area contributed by atoms with Crippen LogP contribution in [-0.4, -0.2) is 11.9 Å². The van der Waals surface area contributed by atoms with E-state index in [9.17, 15) is 4.57 Å². The monoisotopic (exact) mass is 361 g/mol. The number of hydrogen-bond donors (Lipinski definition) is 0. The van der Waals surface area contributed by atoms with Gasteiger partial charge in [-0.05, 0) is 25.5 Å². The van der Waals surface area contributed by atoms with E-state index in [4.69, 9.17) is 4.99 Å². The molecule has 0 N–H and O–H groups in total. The quantitative estimate of drug-likeness (QED) is 0.421. The van der Waals surface area contributed by atoms with E-state index in [0.717, 1.165) is 28.4 Å². The maximum absolute atomic E-state index is 14.1. The fourth-order valence-corrected chi connectivity index (χ4v) is 5.73. The van der Waals surface area contributed by atoms with Crippen molar-refractivity contribution in [1.82, 2.24) is 0 Å². The van der Waals surface area contributed by atoms with Crippen LogP contribution >= 0.6 is 7.14 Å². The van der Waals surface area contributed by atoms with E-state index < -0.39 is 7.14 Å². The first-order valence-corrected chi connectivity index (χ1v) is 10.8. The maximum Gasteiger partial charge on any atom is 0.148 e. The Morgan fingerprint density at radius 2 is 1.31 bits per heavy atom. The highest BCUT2D eigenvalue weighted by Gasteiger charge is 2.28. The second-order valence-electron chi connectivity index (χ2n) is 6.44. The number of benzene rings is 3. The van der Waals surface area contributed by atoms with E-state index in [0.29, 0.717) is 6.16 Å². The third kappa shape index (κ3) is 4.20. The van der Waals surface area contributed by atoms with Gasteiger partial charge in [-0.1, -0.05) is 85.3 Å². The first-order chi connectivity index (χ1) is 12.6. The maximum atomic E-state index is 14.1. The molecule has 0 radical (unpaired) electrons. The molecule has 0 unspecified atom stereocenters. The molecular weight excluding hydrogens is 337 g/mol. The Bertz CT molecular complexity index is 872. The number of aliphatic imine (C=N–C) groups is 1. The van der Waals surface area contributed by atoms with Crippen LogP contribution in [0.5, 0.6) is 0 Å². The number of rotatable bonds is 6. The summed E-state index contributed by atoms with van der Waals surface area (Å²) in [6.07, 6.45) is 1.24. The summed E-state index contributed by atoms with van der Waals surface area (Å²) in [6.45, 7) is 4.14. The van der Waals surface area contributed by atoms with Gasteiger partial charge in [0, 0.05) is 22.5 Å². The summed E-state index contributed by atoms with van der Waals surface area (Å²) in [5, 5.41) is 1.77. The van der Waals surface area contributed by atoms with Crippen LogP contribution in [0.25, 0.3) is 0 Å². The molecule has 0 saturated heterocycles. The van der Waals surface area contributed by atoms with Gasteiger partial charge in [-0.25, -0.2) is 0 Å². The zero-order valence-corrected chi connectivity index (χ0v) is 16.2. The van der Waals surface area contributed by atoms with Gasteiger partial charge in [-0.15, -0.1) is 0 Å². The van der Waals surface area contributed by atoms with Crippen molar-refractivity contribution < 1.29 is 4.57 Å². The van der Waals surface area contributed by atoms with Crippen molar-refractivity contribution in [2.75, 3.05) is 6.16 Å². The van der Waals surface area contributed by atoms with Crippen LogP contribution in [-0.2, 0) is 4.57 Å². The van der Waals surface area contributed by atoms with Crippen LogP contribution in [0.1, 0.15) is 18.9 Å². The normalized spacial score (nSPS) is 12.2. The van der Waals surface area contributed by atoms with Gasteiger partial charge in [0.05, 0.1) is 5.69 Å². The van der Waals surface area contributed by atoms with Gasteiger partial charge in [-0.2, -0.15) is 0 Å². The molecule has 0 amide bonds. The average molecular weight is 361 g/mol. The van der Waals surface area contributed by atoms with Crippen molar-refractivity contribution in [3.63, 3.8) is 0 Å². The fourth-order valence-electron chi connectivity index (χ4n) is 2.95. The van der Waals surface area contributed by atoms with Crippen LogP contribution in [0.3, 0.4) is 0 Å². The Balaban J connectivity index is 2.02. The molecule has 0 atom stereocenters. The summed E-state index contributed by atoms with van der Waals surface area (Å²) in [4.78, 5) is 4.80. The summed E-state index contributed by atoms with van der Waals surface area (Å²) in [5.41, 5.74) is 3.09. The predicted octanol–water partition coefficient (Wildman–Crippen LogP) is 5.49. The largest absolute Gasteiger partial charge is 0.313 e. The minimum atomic E-state index is -2.77. The first kappa shape index (κ1) is 18.4. The number of nitrogens with zero attached hydrogens (tertiary/aromatic N) is 1. The van der Waals surface area contributed by atoms with Crippen LogP contribution < -0.4 is 10.6 Å². The lowest BCUT2D eigenvalue weighted by Crippen LogP contribution is -2.22. The Labute approximate surface area is 156 Å². The molecule has 132 valence electrons. The molecule has 0 aliphatic rings. The molecule has 0 aliphatic carbocycles. The predicted molar refractivity (Wildman–Crippen MR) is 113 cm³/mol. The van der Waals surface area contributed by atoms with Gasteiger partial charge in [0.1, 0.15) is 7.14 Å². The van der Waals surface area contributed by atoms with E-state index >= 15 is 0 Å². The van der Waals surface area contributed by atoms with E-state index in [-0.39, 0.29) is 0 Å². The smallest absolute Gasteiger partial charge is 0.148 e. The summed E-state index contributed by atoms with van der Waals surface area (Å²) in [5.74, 6) is 0. The molecule has 0 fully saturated rings. The van der Waals surface area contributed by atoms with Gasteiger partial charge < -0.3 is 4.57 Å². The zero-order chi connectivity index (χ0) is 18.4. The topological polar surface area (TPSA) is 29.4 Å².